The Labute approximate surface area is 311 Å². The fourth-order valence-electron chi connectivity index (χ4n) is 8.72. The third-order valence-electron chi connectivity index (χ3n) is 11.0. The Morgan fingerprint density at radius 1 is 0.692 bits per heavy atom. The van der Waals surface area contributed by atoms with Crippen LogP contribution in [0.15, 0.2) is 95.9 Å². The maximum atomic E-state index is 7.66. The standard InChI is InChI=1S/C45H46O6S/c1-43(2)50-38-27-35-36(28-39(38)52-43)42-34(41-40(35)33-11-7-8-12-37(33)44(41,22-9-25-46-3)23-10-26-47-4)21-24-45(51-42,29-13-17-31(48-5)18-14-29)30-15-19-32(49-6)20-16-30/h7-8,11-21,24,27-28H,9-10,22-23,25-26H2,1-6H3. The molecule has 5 aromatic rings. The topological polar surface area (TPSA) is 55.4 Å². The van der Waals surface area contributed by atoms with Crippen LogP contribution in [0.3, 0.4) is 0 Å². The van der Waals surface area contributed by atoms with Crippen molar-refractivity contribution in [2.45, 2.75) is 60.4 Å². The molecule has 0 saturated carbocycles. The van der Waals surface area contributed by atoms with Crippen LogP contribution in [0.1, 0.15) is 67.3 Å². The summed E-state index contributed by atoms with van der Waals surface area (Å²) < 4.78 is 36.7. The summed E-state index contributed by atoms with van der Waals surface area (Å²) in [5, 5.41) is 2.23. The zero-order valence-electron chi connectivity index (χ0n) is 30.8. The van der Waals surface area contributed by atoms with E-state index in [1.165, 1.54) is 22.3 Å². The van der Waals surface area contributed by atoms with Gasteiger partial charge < -0.3 is 28.4 Å². The van der Waals surface area contributed by atoms with Crippen molar-refractivity contribution in [3.63, 3.8) is 0 Å². The minimum absolute atomic E-state index is 0.275. The van der Waals surface area contributed by atoms with Crippen LogP contribution < -0.4 is 18.9 Å². The molecule has 0 aromatic heterocycles. The second-order valence-electron chi connectivity index (χ2n) is 14.4. The summed E-state index contributed by atoms with van der Waals surface area (Å²) in [6, 6.07) is 30.0. The summed E-state index contributed by atoms with van der Waals surface area (Å²) in [4.78, 5) is 0.747. The lowest BCUT2D eigenvalue weighted by Gasteiger charge is -2.40. The molecule has 2 heterocycles. The van der Waals surface area contributed by atoms with Crippen LogP contribution in [-0.2, 0) is 20.5 Å². The van der Waals surface area contributed by atoms with Gasteiger partial charge in [0.2, 0.25) is 0 Å². The zero-order valence-corrected chi connectivity index (χ0v) is 31.7. The normalized spacial score (nSPS) is 16.7. The Morgan fingerprint density at radius 3 is 1.90 bits per heavy atom. The van der Waals surface area contributed by atoms with E-state index in [4.69, 9.17) is 28.4 Å². The molecule has 3 aliphatic rings. The Balaban J connectivity index is 1.45. The van der Waals surface area contributed by atoms with Gasteiger partial charge in [-0.3, -0.25) is 0 Å². The van der Waals surface area contributed by atoms with Crippen LogP contribution in [0.25, 0.3) is 28.0 Å². The van der Waals surface area contributed by atoms with Gasteiger partial charge in [-0.15, -0.1) is 0 Å². The van der Waals surface area contributed by atoms with E-state index in [9.17, 15) is 0 Å². The van der Waals surface area contributed by atoms with Crippen LogP contribution in [0.5, 0.6) is 23.0 Å². The van der Waals surface area contributed by atoms with Gasteiger partial charge in [-0.2, -0.15) is 0 Å². The molecule has 0 amide bonds. The van der Waals surface area contributed by atoms with Crippen LogP contribution >= 0.6 is 11.8 Å². The largest absolute Gasteiger partial charge is 0.497 e. The zero-order chi connectivity index (χ0) is 36.1. The molecule has 5 aromatic carbocycles. The van der Waals surface area contributed by atoms with Crippen molar-refractivity contribution in [2.24, 2.45) is 0 Å². The quantitative estimate of drug-likeness (QED) is 0.119. The molecular weight excluding hydrogens is 669 g/mol. The molecule has 0 N–H and O–H groups in total. The van der Waals surface area contributed by atoms with Crippen molar-refractivity contribution >= 4 is 28.6 Å². The SMILES string of the molecule is COCCCC1(CCCOC)c2ccccc2-c2c1c1c(c3cc4c(cc23)OC(C)(C)S4)OC(c2ccc(OC)cc2)(c2ccc(OC)cc2)C=C1. The lowest BCUT2D eigenvalue weighted by molar-refractivity contribution is 0.162. The number of fused-ring (bicyclic) bond motifs is 9. The Hall–Kier alpha value is -4.43. The Bertz CT molecular complexity index is 2090. The van der Waals surface area contributed by atoms with E-state index in [1.54, 1.807) is 40.2 Å². The van der Waals surface area contributed by atoms with E-state index in [-0.39, 0.29) is 10.3 Å². The van der Waals surface area contributed by atoms with E-state index < -0.39 is 5.60 Å². The van der Waals surface area contributed by atoms with Gasteiger partial charge in [-0.1, -0.05) is 66.4 Å². The summed E-state index contributed by atoms with van der Waals surface area (Å²) in [6.45, 7) is 5.65. The minimum atomic E-state index is -0.922. The third kappa shape index (κ3) is 5.56. The van der Waals surface area contributed by atoms with E-state index in [0.717, 1.165) is 81.0 Å². The summed E-state index contributed by atoms with van der Waals surface area (Å²) >= 11 is 1.75. The summed E-state index contributed by atoms with van der Waals surface area (Å²) in [5.41, 5.74) is 7.18. The highest BCUT2D eigenvalue weighted by Gasteiger charge is 2.48. The smallest absolute Gasteiger partial charge is 0.178 e. The van der Waals surface area contributed by atoms with Crippen molar-refractivity contribution in [2.75, 3.05) is 41.7 Å². The second kappa shape index (κ2) is 13.5. The predicted octanol–water partition coefficient (Wildman–Crippen LogP) is 10.5. The van der Waals surface area contributed by atoms with Gasteiger partial charge in [0.15, 0.2) is 10.5 Å². The molecule has 8 rings (SSSR count). The summed E-state index contributed by atoms with van der Waals surface area (Å²) in [6.07, 6.45) is 8.31. The molecular formula is C45H46O6S. The first-order valence-electron chi connectivity index (χ1n) is 18.1. The van der Waals surface area contributed by atoms with Gasteiger partial charge in [0.05, 0.1) is 19.1 Å². The fraction of sp³-hybridized carbons (Fsp3) is 0.333. The molecule has 0 radical (unpaired) electrons. The number of ether oxygens (including phenoxy) is 6. The van der Waals surface area contributed by atoms with Crippen LogP contribution in [-0.4, -0.2) is 46.6 Å². The highest BCUT2D eigenvalue weighted by Crippen LogP contribution is 2.62. The van der Waals surface area contributed by atoms with Gasteiger partial charge in [0, 0.05) is 54.9 Å². The van der Waals surface area contributed by atoms with Crippen molar-refractivity contribution in [3.8, 4) is 34.1 Å². The van der Waals surface area contributed by atoms with Crippen LogP contribution in [0.4, 0.5) is 0 Å². The first kappa shape index (κ1) is 34.6. The van der Waals surface area contributed by atoms with E-state index in [0.29, 0.717) is 13.2 Å². The van der Waals surface area contributed by atoms with Crippen LogP contribution in [0.2, 0.25) is 0 Å². The molecule has 52 heavy (non-hydrogen) atoms. The lowest BCUT2D eigenvalue weighted by Crippen LogP contribution is -2.35. The van der Waals surface area contributed by atoms with Crippen molar-refractivity contribution in [3.05, 3.63) is 119 Å². The van der Waals surface area contributed by atoms with Gasteiger partial charge in [0.25, 0.3) is 0 Å². The van der Waals surface area contributed by atoms with Gasteiger partial charge in [0.1, 0.15) is 23.0 Å². The number of benzene rings is 5. The molecule has 0 fully saturated rings. The third-order valence-corrected chi connectivity index (χ3v) is 12.1. The number of rotatable bonds is 12. The van der Waals surface area contributed by atoms with E-state index in [2.05, 4.69) is 86.7 Å². The first-order chi connectivity index (χ1) is 25.3. The molecule has 6 nitrogen and oxygen atoms in total. The Morgan fingerprint density at radius 2 is 1.31 bits per heavy atom. The number of hydrogen-bond donors (Lipinski definition) is 0. The molecule has 0 saturated heterocycles. The molecule has 7 heteroatoms. The summed E-state index contributed by atoms with van der Waals surface area (Å²) in [7, 11) is 6.97. The molecule has 0 bridgehead atoms. The number of thioether (sulfide) groups is 1. The molecule has 2 aliphatic heterocycles. The average molecular weight is 715 g/mol. The molecule has 0 spiro atoms. The summed E-state index contributed by atoms with van der Waals surface area (Å²) in [5.74, 6) is 3.39. The monoisotopic (exact) mass is 714 g/mol. The van der Waals surface area contributed by atoms with Gasteiger partial charge >= 0.3 is 0 Å². The molecule has 0 atom stereocenters. The maximum Gasteiger partial charge on any atom is 0.178 e. The number of methoxy groups -OCH3 is 4. The van der Waals surface area contributed by atoms with Crippen molar-refractivity contribution in [1.29, 1.82) is 0 Å². The minimum Gasteiger partial charge on any atom is -0.497 e. The van der Waals surface area contributed by atoms with Crippen molar-refractivity contribution < 1.29 is 28.4 Å². The first-order valence-corrected chi connectivity index (χ1v) is 18.9. The van der Waals surface area contributed by atoms with E-state index >= 15 is 0 Å². The van der Waals surface area contributed by atoms with Gasteiger partial charge in [-0.25, -0.2) is 0 Å². The second-order valence-corrected chi connectivity index (χ2v) is 16.0. The highest BCUT2D eigenvalue weighted by atomic mass is 32.2. The molecule has 1 aliphatic carbocycles. The highest BCUT2D eigenvalue weighted by molar-refractivity contribution is 8.00. The van der Waals surface area contributed by atoms with E-state index in [1.807, 2.05) is 24.3 Å². The van der Waals surface area contributed by atoms with Gasteiger partial charge in [-0.05, 0) is 110 Å². The lowest BCUT2D eigenvalue weighted by atomic mass is 9.69. The predicted molar refractivity (Wildman–Crippen MR) is 209 cm³/mol. The fourth-order valence-corrected chi connectivity index (χ4v) is 9.76. The number of hydrogen-bond acceptors (Lipinski definition) is 7. The average Bonchev–Trinajstić information content (AvgIpc) is 3.64. The van der Waals surface area contributed by atoms with Crippen molar-refractivity contribution in [1.82, 2.24) is 0 Å². The Kier molecular flexibility index (Phi) is 9.01. The van der Waals surface area contributed by atoms with Crippen LogP contribution in [0, 0.1) is 0 Å². The molecule has 268 valence electrons. The maximum absolute atomic E-state index is 7.66. The molecule has 0 unspecified atom stereocenters.